The maximum atomic E-state index is 6.27. The molecule has 3 rings (SSSR count). The van der Waals surface area contributed by atoms with Gasteiger partial charge in [-0.2, -0.15) is 0 Å². The first-order chi connectivity index (χ1) is 14.1. The van der Waals surface area contributed by atoms with Gasteiger partial charge in [0.2, 0.25) is 0 Å². The summed E-state index contributed by atoms with van der Waals surface area (Å²) in [6.45, 7) is 7.35. The van der Waals surface area contributed by atoms with Gasteiger partial charge in [-0.05, 0) is 26.0 Å². The number of pyridine rings is 1. The minimum absolute atomic E-state index is 0.574. The third kappa shape index (κ3) is 5.42. The van der Waals surface area contributed by atoms with Crippen LogP contribution in [0.1, 0.15) is 19.4 Å². The van der Waals surface area contributed by atoms with E-state index < -0.39 is 0 Å². The van der Waals surface area contributed by atoms with Crippen molar-refractivity contribution in [3.8, 4) is 0 Å². The average molecular weight is 459 g/mol. The number of fused-ring (bicyclic) bond motifs is 1. The van der Waals surface area contributed by atoms with Crippen molar-refractivity contribution < 1.29 is 4.74 Å². The highest BCUT2D eigenvalue weighted by atomic mass is 79.9. The SMILES string of the molecule is CCOCCNC/C=N/C1=C(c2cnc3ccccc3c2)CNN1/C(N)=C(\C)Br. The van der Waals surface area contributed by atoms with Crippen LogP contribution in [-0.4, -0.2) is 49.1 Å². The molecular weight excluding hydrogens is 432 g/mol. The lowest BCUT2D eigenvalue weighted by Crippen LogP contribution is -2.35. The number of aliphatic imine (C=N–C) groups is 1. The van der Waals surface area contributed by atoms with Crippen molar-refractivity contribution in [1.82, 2.24) is 20.7 Å². The van der Waals surface area contributed by atoms with Crippen molar-refractivity contribution in [1.29, 1.82) is 0 Å². The van der Waals surface area contributed by atoms with Gasteiger partial charge >= 0.3 is 0 Å². The molecule has 0 radical (unpaired) electrons. The lowest BCUT2D eigenvalue weighted by atomic mass is 10.1. The number of nitrogens with zero attached hydrogens (tertiary/aromatic N) is 3. The van der Waals surface area contributed by atoms with Crippen molar-refractivity contribution in [2.24, 2.45) is 10.7 Å². The van der Waals surface area contributed by atoms with Crippen LogP contribution in [0.4, 0.5) is 0 Å². The summed E-state index contributed by atoms with van der Waals surface area (Å²) in [7, 11) is 0. The second kappa shape index (κ2) is 10.5. The number of aromatic nitrogens is 1. The molecule has 2 aromatic rings. The molecule has 7 nitrogen and oxygen atoms in total. The molecule has 1 aliphatic rings. The molecule has 0 saturated heterocycles. The molecule has 1 aliphatic heterocycles. The van der Waals surface area contributed by atoms with Gasteiger partial charge in [0.15, 0.2) is 5.82 Å². The third-order valence-corrected chi connectivity index (χ3v) is 4.91. The van der Waals surface area contributed by atoms with Crippen LogP contribution in [0.3, 0.4) is 0 Å². The summed E-state index contributed by atoms with van der Waals surface area (Å²) in [5.41, 5.74) is 12.6. The fourth-order valence-corrected chi connectivity index (χ4v) is 3.17. The topological polar surface area (TPSA) is 87.8 Å². The Morgan fingerprint density at radius 2 is 2.28 bits per heavy atom. The van der Waals surface area contributed by atoms with Crippen LogP contribution in [0.5, 0.6) is 0 Å². The van der Waals surface area contributed by atoms with Crippen molar-refractivity contribution >= 4 is 38.6 Å². The Kier molecular flexibility index (Phi) is 7.76. The first-order valence-corrected chi connectivity index (χ1v) is 10.5. The Morgan fingerprint density at radius 1 is 1.45 bits per heavy atom. The summed E-state index contributed by atoms with van der Waals surface area (Å²) >= 11 is 3.46. The van der Waals surface area contributed by atoms with E-state index in [0.717, 1.165) is 45.5 Å². The monoisotopic (exact) mass is 458 g/mol. The van der Waals surface area contributed by atoms with E-state index in [1.807, 2.05) is 49.5 Å². The second-order valence-corrected chi connectivity index (χ2v) is 7.71. The quantitative estimate of drug-likeness (QED) is 0.395. The van der Waals surface area contributed by atoms with Gasteiger partial charge in [0.1, 0.15) is 5.82 Å². The number of nitrogens with one attached hydrogen (secondary N) is 2. The largest absolute Gasteiger partial charge is 0.383 e. The number of allylic oxidation sites excluding steroid dienone is 1. The molecular formula is C21H27BrN6O. The lowest BCUT2D eigenvalue weighted by molar-refractivity contribution is 0.150. The molecule has 0 amide bonds. The number of halogens is 1. The molecule has 29 heavy (non-hydrogen) atoms. The molecule has 2 heterocycles. The van der Waals surface area contributed by atoms with E-state index >= 15 is 0 Å². The molecule has 0 bridgehead atoms. The Balaban J connectivity index is 1.87. The Labute approximate surface area is 179 Å². The summed E-state index contributed by atoms with van der Waals surface area (Å²) in [5, 5.41) is 6.19. The summed E-state index contributed by atoms with van der Waals surface area (Å²) in [4.78, 5) is 9.31. The van der Waals surface area contributed by atoms with Crippen LogP contribution in [0.15, 0.2) is 57.6 Å². The van der Waals surface area contributed by atoms with E-state index in [0.29, 0.717) is 25.5 Å². The molecule has 4 N–H and O–H groups in total. The predicted molar refractivity (Wildman–Crippen MR) is 122 cm³/mol. The fourth-order valence-electron chi connectivity index (χ4n) is 2.99. The number of para-hydroxylation sites is 1. The highest BCUT2D eigenvalue weighted by Crippen LogP contribution is 2.29. The molecule has 0 fully saturated rings. The number of nitrogens with two attached hydrogens (primary N) is 1. The van der Waals surface area contributed by atoms with Gasteiger partial charge in [0, 0.05) is 59.7 Å². The molecule has 154 valence electrons. The zero-order valence-electron chi connectivity index (χ0n) is 16.8. The van der Waals surface area contributed by atoms with Crippen LogP contribution in [0.25, 0.3) is 16.5 Å². The minimum Gasteiger partial charge on any atom is -0.383 e. The van der Waals surface area contributed by atoms with Crippen LogP contribution < -0.4 is 16.5 Å². The summed E-state index contributed by atoms with van der Waals surface area (Å²) in [6.07, 6.45) is 3.74. The van der Waals surface area contributed by atoms with E-state index in [-0.39, 0.29) is 0 Å². The van der Waals surface area contributed by atoms with Crippen molar-refractivity contribution in [2.75, 3.05) is 32.8 Å². The van der Waals surface area contributed by atoms with Crippen molar-refractivity contribution in [2.45, 2.75) is 13.8 Å². The third-order valence-electron chi connectivity index (χ3n) is 4.50. The van der Waals surface area contributed by atoms with Gasteiger partial charge in [-0.15, -0.1) is 0 Å². The first-order valence-electron chi connectivity index (χ1n) is 9.66. The van der Waals surface area contributed by atoms with Gasteiger partial charge < -0.3 is 15.8 Å². The number of hydrogen-bond donors (Lipinski definition) is 3. The van der Waals surface area contributed by atoms with Crippen LogP contribution in [-0.2, 0) is 4.74 Å². The van der Waals surface area contributed by atoms with Gasteiger partial charge in [0.25, 0.3) is 0 Å². The van der Waals surface area contributed by atoms with Gasteiger partial charge in [-0.25, -0.2) is 15.4 Å². The van der Waals surface area contributed by atoms with Crippen molar-refractivity contribution in [3.05, 3.63) is 58.2 Å². The Hall–Kier alpha value is -2.26. The predicted octanol–water partition coefficient (Wildman–Crippen LogP) is 2.96. The standard InChI is InChI=1S/C21H27BrN6O/c1-3-29-11-10-24-8-9-25-21-18(14-27-28(21)20(23)15(2)22)17-12-16-6-4-5-7-19(16)26-13-17/h4-7,9,12-13,24,27H,3,8,10-11,14,23H2,1-2H3/b20-15+,25-9+. The van der Waals surface area contributed by atoms with Gasteiger partial charge in [-0.1, -0.05) is 34.1 Å². The molecule has 0 spiro atoms. The minimum atomic E-state index is 0.574. The maximum Gasteiger partial charge on any atom is 0.153 e. The molecule has 0 atom stereocenters. The number of hydrogen-bond acceptors (Lipinski definition) is 7. The first kappa shape index (κ1) is 21.4. The van der Waals surface area contributed by atoms with E-state index in [2.05, 4.69) is 43.8 Å². The summed E-state index contributed by atoms with van der Waals surface area (Å²) in [6, 6.07) is 10.2. The zero-order chi connectivity index (χ0) is 20.6. The summed E-state index contributed by atoms with van der Waals surface area (Å²) in [5.74, 6) is 1.34. The van der Waals surface area contributed by atoms with E-state index in [1.165, 1.54) is 0 Å². The average Bonchev–Trinajstić information content (AvgIpc) is 3.15. The zero-order valence-corrected chi connectivity index (χ0v) is 18.4. The number of hydrazine groups is 1. The smallest absolute Gasteiger partial charge is 0.153 e. The number of rotatable bonds is 9. The highest BCUT2D eigenvalue weighted by Gasteiger charge is 2.25. The fraction of sp³-hybridized carbons (Fsp3) is 0.333. The van der Waals surface area contributed by atoms with Crippen LogP contribution in [0.2, 0.25) is 0 Å². The van der Waals surface area contributed by atoms with Crippen LogP contribution >= 0.6 is 15.9 Å². The van der Waals surface area contributed by atoms with Gasteiger partial charge in [0.05, 0.1) is 12.1 Å². The number of benzene rings is 1. The molecule has 0 aliphatic carbocycles. The van der Waals surface area contributed by atoms with Crippen LogP contribution in [0, 0.1) is 0 Å². The van der Waals surface area contributed by atoms with E-state index in [9.17, 15) is 0 Å². The van der Waals surface area contributed by atoms with Gasteiger partial charge in [-0.3, -0.25) is 4.98 Å². The second-order valence-electron chi connectivity index (χ2n) is 6.52. The highest BCUT2D eigenvalue weighted by molar-refractivity contribution is 9.11. The molecule has 0 unspecified atom stereocenters. The van der Waals surface area contributed by atoms with Crippen molar-refractivity contribution in [3.63, 3.8) is 0 Å². The lowest BCUT2D eigenvalue weighted by Gasteiger charge is -2.20. The van der Waals surface area contributed by atoms with E-state index in [4.69, 9.17) is 15.5 Å². The summed E-state index contributed by atoms with van der Waals surface area (Å²) < 4.78 is 6.17. The molecule has 8 heteroatoms. The Morgan fingerprint density at radius 3 is 3.07 bits per heavy atom. The molecule has 0 saturated carbocycles. The van der Waals surface area contributed by atoms with E-state index in [1.54, 1.807) is 0 Å². The maximum absolute atomic E-state index is 6.27. The Bertz CT molecular complexity index is 936. The number of ether oxygens (including phenoxy) is 1. The molecule has 1 aromatic carbocycles. The molecule has 1 aromatic heterocycles. The normalized spacial score (nSPS) is 15.6.